The number of aromatic nitrogens is 2. The van der Waals surface area contributed by atoms with Crippen LogP contribution < -0.4 is 4.74 Å². The molecule has 0 fully saturated rings. The van der Waals surface area contributed by atoms with E-state index in [-0.39, 0.29) is 6.42 Å². The van der Waals surface area contributed by atoms with Crippen molar-refractivity contribution in [2.45, 2.75) is 13.0 Å². The second kappa shape index (κ2) is 6.07. The zero-order chi connectivity index (χ0) is 15.5. The van der Waals surface area contributed by atoms with E-state index in [0.29, 0.717) is 23.1 Å². The number of halogens is 1. The summed E-state index contributed by atoms with van der Waals surface area (Å²) in [6.45, 7) is 0.291. The Balaban J connectivity index is 1.80. The number of fused-ring (bicyclic) bond motifs is 1. The molecule has 0 radical (unpaired) electrons. The van der Waals surface area contributed by atoms with Crippen LogP contribution in [0.4, 0.5) is 0 Å². The van der Waals surface area contributed by atoms with E-state index in [1.54, 1.807) is 41.1 Å². The quantitative estimate of drug-likeness (QED) is 0.734. The van der Waals surface area contributed by atoms with Crippen LogP contribution in [0.15, 0.2) is 48.8 Å². The molecule has 1 N–H and O–H groups in total. The molecule has 0 aliphatic carbocycles. The Kier molecular flexibility index (Phi) is 3.98. The fraction of sp³-hybridized carbons (Fsp3) is 0.125. The molecule has 0 atom stereocenters. The van der Waals surface area contributed by atoms with E-state index in [2.05, 4.69) is 4.98 Å². The first-order valence-corrected chi connectivity index (χ1v) is 7.05. The maximum Gasteiger partial charge on any atom is 0.307 e. The molecule has 0 saturated heterocycles. The molecule has 0 aliphatic heterocycles. The van der Waals surface area contributed by atoms with Gasteiger partial charge in [0.15, 0.2) is 0 Å². The van der Waals surface area contributed by atoms with E-state index in [1.807, 2.05) is 12.1 Å². The number of ether oxygens (including phenoxy) is 1. The first kappa shape index (κ1) is 14.4. The Morgan fingerprint density at radius 2 is 2.14 bits per heavy atom. The highest BCUT2D eigenvalue weighted by Gasteiger charge is 2.08. The summed E-state index contributed by atoms with van der Waals surface area (Å²) < 4.78 is 7.51. The molecule has 1 aromatic carbocycles. The third-order valence-corrected chi connectivity index (χ3v) is 3.52. The van der Waals surface area contributed by atoms with Crippen LogP contribution in [0.5, 0.6) is 5.75 Å². The number of hydrogen-bond acceptors (Lipinski definition) is 3. The Bertz CT molecular complexity index is 829. The highest BCUT2D eigenvalue weighted by atomic mass is 35.5. The lowest BCUT2D eigenvalue weighted by Gasteiger charge is -2.11. The largest absolute Gasteiger partial charge is 0.489 e. The zero-order valence-corrected chi connectivity index (χ0v) is 12.3. The number of imidazole rings is 1. The number of carbonyl (C=O) groups is 1. The standard InChI is InChI=1S/C16H13ClN2O3/c17-14-7-11(8-15-18-5-6-19(14)15)10-22-13-4-2-1-3-12(13)9-16(20)21/h1-8H,9-10H2,(H,20,21). The van der Waals surface area contributed by atoms with Gasteiger partial charge in [-0.05, 0) is 23.8 Å². The molecule has 0 unspecified atom stereocenters. The molecular weight excluding hydrogens is 304 g/mol. The minimum absolute atomic E-state index is 0.0732. The fourth-order valence-corrected chi connectivity index (χ4v) is 2.51. The maximum atomic E-state index is 10.9. The van der Waals surface area contributed by atoms with Crippen molar-refractivity contribution in [3.63, 3.8) is 0 Å². The van der Waals surface area contributed by atoms with Crippen LogP contribution in [0.25, 0.3) is 5.65 Å². The van der Waals surface area contributed by atoms with Gasteiger partial charge in [0.2, 0.25) is 0 Å². The van der Waals surface area contributed by atoms with Gasteiger partial charge >= 0.3 is 5.97 Å². The average molecular weight is 317 g/mol. The molecule has 5 nitrogen and oxygen atoms in total. The third kappa shape index (κ3) is 3.04. The number of para-hydroxylation sites is 1. The van der Waals surface area contributed by atoms with E-state index in [4.69, 9.17) is 21.4 Å². The topological polar surface area (TPSA) is 63.8 Å². The van der Waals surface area contributed by atoms with Gasteiger partial charge in [0.25, 0.3) is 0 Å². The van der Waals surface area contributed by atoms with Crippen molar-refractivity contribution in [2.24, 2.45) is 0 Å². The van der Waals surface area contributed by atoms with Gasteiger partial charge in [-0.2, -0.15) is 0 Å². The second-order valence-electron chi connectivity index (χ2n) is 4.81. The Morgan fingerprint density at radius 1 is 1.32 bits per heavy atom. The van der Waals surface area contributed by atoms with Gasteiger partial charge in [-0.25, -0.2) is 4.98 Å². The molecule has 2 heterocycles. The molecule has 22 heavy (non-hydrogen) atoms. The van der Waals surface area contributed by atoms with Gasteiger partial charge in [-0.3, -0.25) is 9.20 Å². The normalized spacial score (nSPS) is 10.8. The summed E-state index contributed by atoms with van der Waals surface area (Å²) in [6.07, 6.45) is 3.38. The van der Waals surface area contributed by atoms with Crippen LogP contribution in [-0.2, 0) is 17.8 Å². The van der Waals surface area contributed by atoms with Gasteiger partial charge in [-0.1, -0.05) is 29.8 Å². The van der Waals surface area contributed by atoms with Gasteiger partial charge in [-0.15, -0.1) is 0 Å². The van der Waals surface area contributed by atoms with Crippen molar-refractivity contribution in [1.82, 2.24) is 9.38 Å². The fourth-order valence-electron chi connectivity index (χ4n) is 2.23. The summed E-state index contributed by atoms with van der Waals surface area (Å²) in [7, 11) is 0. The minimum atomic E-state index is -0.891. The summed E-state index contributed by atoms with van der Waals surface area (Å²) in [6, 6.07) is 10.8. The number of aliphatic carboxylic acids is 1. The molecule has 3 rings (SSSR count). The van der Waals surface area contributed by atoms with Crippen molar-refractivity contribution in [3.05, 3.63) is 65.1 Å². The van der Waals surface area contributed by atoms with Crippen LogP contribution in [-0.4, -0.2) is 20.5 Å². The SMILES string of the molecule is O=C(O)Cc1ccccc1OCc1cc(Cl)n2ccnc2c1. The van der Waals surface area contributed by atoms with Crippen LogP contribution in [0, 0.1) is 0 Å². The van der Waals surface area contributed by atoms with Crippen LogP contribution >= 0.6 is 11.6 Å². The highest BCUT2D eigenvalue weighted by Crippen LogP contribution is 2.21. The minimum Gasteiger partial charge on any atom is -0.489 e. The molecule has 112 valence electrons. The van der Waals surface area contributed by atoms with Crippen molar-refractivity contribution >= 4 is 23.2 Å². The molecule has 6 heteroatoms. The maximum absolute atomic E-state index is 10.9. The summed E-state index contributed by atoms with van der Waals surface area (Å²) in [5, 5.41) is 9.47. The van der Waals surface area contributed by atoms with Crippen LogP contribution in [0.2, 0.25) is 5.15 Å². The summed E-state index contributed by atoms with van der Waals surface area (Å²) in [5.41, 5.74) is 2.25. The zero-order valence-electron chi connectivity index (χ0n) is 11.6. The Labute approximate surface area is 131 Å². The van der Waals surface area contributed by atoms with E-state index in [1.165, 1.54) is 0 Å². The van der Waals surface area contributed by atoms with Gasteiger partial charge in [0, 0.05) is 18.0 Å². The number of rotatable bonds is 5. The number of pyridine rings is 1. The lowest BCUT2D eigenvalue weighted by Crippen LogP contribution is -2.04. The van der Waals surface area contributed by atoms with Crippen molar-refractivity contribution in [1.29, 1.82) is 0 Å². The number of carboxylic acid groups (broad SMARTS) is 1. The Hall–Kier alpha value is -2.53. The molecule has 3 aromatic rings. The molecular formula is C16H13ClN2O3. The number of nitrogens with zero attached hydrogens (tertiary/aromatic N) is 2. The first-order valence-electron chi connectivity index (χ1n) is 6.67. The number of benzene rings is 1. The van der Waals surface area contributed by atoms with Crippen molar-refractivity contribution in [3.8, 4) is 5.75 Å². The van der Waals surface area contributed by atoms with Gasteiger partial charge in [0.05, 0.1) is 6.42 Å². The Morgan fingerprint density at radius 3 is 2.95 bits per heavy atom. The van der Waals surface area contributed by atoms with E-state index >= 15 is 0 Å². The van der Waals surface area contributed by atoms with Crippen molar-refractivity contribution < 1.29 is 14.6 Å². The summed E-state index contributed by atoms with van der Waals surface area (Å²) in [5.74, 6) is -0.331. The van der Waals surface area contributed by atoms with Gasteiger partial charge < -0.3 is 9.84 Å². The lowest BCUT2D eigenvalue weighted by molar-refractivity contribution is -0.136. The highest BCUT2D eigenvalue weighted by molar-refractivity contribution is 6.29. The molecule has 2 aromatic heterocycles. The third-order valence-electron chi connectivity index (χ3n) is 3.23. The first-order chi connectivity index (χ1) is 10.6. The number of hydrogen-bond donors (Lipinski definition) is 1. The number of carboxylic acids is 1. The van der Waals surface area contributed by atoms with E-state index in [9.17, 15) is 4.79 Å². The van der Waals surface area contributed by atoms with E-state index < -0.39 is 5.97 Å². The monoisotopic (exact) mass is 316 g/mol. The molecule has 0 amide bonds. The second-order valence-corrected chi connectivity index (χ2v) is 5.20. The average Bonchev–Trinajstić information content (AvgIpc) is 2.95. The van der Waals surface area contributed by atoms with Crippen LogP contribution in [0.3, 0.4) is 0 Å². The summed E-state index contributed by atoms with van der Waals surface area (Å²) in [4.78, 5) is 15.1. The summed E-state index contributed by atoms with van der Waals surface area (Å²) >= 11 is 6.18. The lowest BCUT2D eigenvalue weighted by atomic mass is 10.1. The van der Waals surface area contributed by atoms with Crippen LogP contribution in [0.1, 0.15) is 11.1 Å². The van der Waals surface area contributed by atoms with Gasteiger partial charge in [0.1, 0.15) is 23.2 Å². The molecule has 0 aliphatic rings. The van der Waals surface area contributed by atoms with Crippen molar-refractivity contribution in [2.75, 3.05) is 0 Å². The molecule has 0 bridgehead atoms. The molecule has 0 spiro atoms. The predicted octanol–water partition coefficient (Wildman–Crippen LogP) is 3.19. The molecule has 0 saturated carbocycles. The smallest absolute Gasteiger partial charge is 0.307 e. The van der Waals surface area contributed by atoms with E-state index in [0.717, 1.165) is 11.2 Å². The predicted molar refractivity (Wildman–Crippen MR) is 82.3 cm³/mol.